The molecule has 2 fully saturated rings. The zero-order valence-corrected chi connectivity index (χ0v) is 38.4. The van der Waals surface area contributed by atoms with Crippen molar-refractivity contribution in [3.8, 4) is 11.5 Å². The van der Waals surface area contributed by atoms with Crippen molar-refractivity contribution in [2.24, 2.45) is 29.4 Å². The molecule has 0 saturated heterocycles. The van der Waals surface area contributed by atoms with Gasteiger partial charge in [-0.05, 0) is 113 Å². The number of hydrogen-bond acceptors (Lipinski definition) is 15. The highest BCUT2D eigenvalue weighted by Crippen LogP contribution is 2.51. The van der Waals surface area contributed by atoms with E-state index in [1.165, 1.54) is 44.7 Å². The van der Waals surface area contributed by atoms with Gasteiger partial charge in [-0.2, -0.15) is 0 Å². The van der Waals surface area contributed by atoms with E-state index in [9.17, 15) is 69.6 Å². The van der Waals surface area contributed by atoms with Crippen LogP contribution in [-0.2, 0) is 41.6 Å². The lowest BCUT2D eigenvalue weighted by Gasteiger charge is -2.47. The Morgan fingerprint density at radius 1 is 0.738 bits per heavy atom. The van der Waals surface area contributed by atoms with E-state index in [0.29, 0.717) is 24.0 Å². The van der Waals surface area contributed by atoms with Crippen molar-refractivity contribution >= 4 is 46.3 Å². The summed E-state index contributed by atoms with van der Waals surface area (Å²) in [5.41, 5.74) is 2.98. The van der Waals surface area contributed by atoms with Gasteiger partial charge in [0.05, 0.1) is 30.6 Å². The maximum Gasteiger partial charge on any atom is 0.225 e. The summed E-state index contributed by atoms with van der Waals surface area (Å²) in [5.74, 6) is -9.68. The first kappa shape index (κ1) is 52.4. The lowest BCUT2D eigenvalue weighted by atomic mass is 9.59. The van der Waals surface area contributed by atoms with Crippen LogP contribution in [0.4, 0.5) is 0 Å². The normalized spacial score (nSPS) is 24.9. The van der Waals surface area contributed by atoms with Gasteiger partial charge in [0, 0.05) is 35.6 Å². The number of unbranched alkanes of at least 4 members (excludes halogenated alkanes) is 3. The molecule has 0 aliphatic heterocycles. The van der Waals surface area contributed by atoms with Gasteiger partial charge in [-0.3, -0.25) is 28.8 Å². The average molecular weight is 907 g/mol. The van der Waals surface area contributed by atoms with Gasteiger partial charge in [0.2, 0.25) is 17.5 Å². The zero-order chi connectivity index (χ0) is 48.9. The van der Waals surface area contributed by atoms with Crippen LogP contribution in [0.15, 0.2) is 35.4 Å². The van der Waals surface area contributed by atoms with E-state index in [0.717, 1.165) is 11.1 Å². The van der Waals surface area contributed by atoms with E-state index in [2.05, 4.69) is 13.8 Å². The van der Waals surface area contributed by atoms with Crippen LogP contribution in [-0.4, -0.2) is 125 Å². The number of nitrogens with zero attached hydrogens (tertiary/aromatic N) is 1. The predicted octanol–water partition coefficient (Wildman–Crippen LogP) is 3.81. The van der Waals surface area contributed by atoms with Crippen LogP contribution in [0.1, 0.15) is 112 Å². The molecule has 0 radical (unpaired) electrons. The number of aryl methyl sites for hydroxylation is 2. The monoisotopic (exact) mass is 906 g/mol. The van der Waals surface area contributed by atoms with Gasteiger partial charge in [0.15, 0.2) is 22.8 Å². The number of phenols is 2. The highest BCUT2D eigenvalue weighted by Gasteiger charge is 2.60. The fourth-order valence-electron chi connectivity index (χ4n) is 10.0. The van der Waals surface area contributed by atoms with Gasteiger partial charge in [0.25, 0.3) is 0 Å². The van der Waals surface area contributed by atoms with Crippen LogP contribution in [0.25, 0.3) is 11.5 Å². The molecule has 0 heterocycles. The number of primary amides is 1. The van der Waals surface area contributed by atoms with Crippen molar-refractivity contribution in [1.29, 1.82) is 0 Å². The maximum absolute atomic E-state index is 13.6. The molecule has 16 nitrogen and oxygen atoms in total. The molecule has 4 aliphatic carbocycles. The number of carbonyl (C=O) groups excluding carboxylic acids is 6. The summed E-state index contributed by atoms with van der Waals surface area (Å²) >= 11 is 0. The standard InChI is InChI=1S/C23H29NO7.C20H23NO7.C6H14/c1-11-5-6-17(27)20-14(11)8-13-9-15(16(10-25)24(3)4)23(31,18(28)7-12(2)26)22(30)19(13)21(20)29;1-9-2-3-13(23)17-12(9)7-10-6-11(4-5-22)20(28,14(24)8-15(21)25)19(27)16(10)18(17)26;1-3-5-6-4-2/h5-6,13,15-16,25,27,29,31H,7-10H2,1-4H3;2-3,10-11,22-23,26,28H,4-8H2,1H3,(H2,21,25);3-6H2,1-2H3/t13-,15-,16+,23+;10-,11-,20-;/m01./s1. The second kappa shape index (κ2) is 21.4. The summed E-state index contributed by atoms with van der Waals surface area (Å²) in [6, 6.07) is 5.52. The number of nitrogens with two attached hydrogens (primary N) is 1. The largest absolute Gasteiger partial charge is 0.507 e. The molecule has 2 saturated carbocycles. The van der Waals surface area contributed by atoms with E-state index in [4.69, 9.17) is 5.73 Å². The first-order chi connectivity index (χ1) is 30.5. The average Bonchev–Trinajstić information content (AvgIpc) is 3.23. The van der Waals surface area contributed by atoms with Gasteiger partial charge in [-0.25, -0.2) is 0 Å². The molecular formula is C49H66N2O14. The summed E-state index contributed by atoms with van der Waals surface area (Å²) in [5, 5.41) is 84.2. The number of aliphatic hydroxyl groups is 6. The second-order valence-corrected chi connectivity index (χ2v) is 18.1. The number of amides is 1. The van der Waals surface area contributed by atoms with Crippen LogP contribution in [0, 0.1) is 37.5 Å². The van der Waals surface area contributed by atoms with Gasteiger partial charge in [-0.1, -0.05) is 51.7 Å². The van der Waals surface area contributed by atoms with Gasteiger partial charge >= 0.3 is 0 Å². The van der Waals surface area contributed by atoms with Gasteiger partial charge < -0.3 is 51.5 Å². The Morgan fingerprint density at radius 3 is 1.58 bits per heavy atom. The van der Waals surface area contributed by atoms with Crippen molar-refractivity contribution in [3.63, 3.8) is 0 Å². The summed E-state index contributed by atoms with van der Waals surface area (Å²) in [6.45, 7) is 8.54. The molecule has 0 aromatic heterocycles. The van der Waals surface area contributed by atoms with E-state index in [-0.39, 0.29) is 59.6 Å². The zero-order valence-electron chi connectivity index (χ0n) is 38.4. The van der Waals surface area contributed by atoms with Crippen molar-refractivity contribution in [3.05, 3.63) is 68.8 Å². The topological polar surface area (TPSA) is 294 Å². The lowest BCUT2D eigenvalue weighted by molar-refractivity contribution is -0.164. The Labute approximate surface area is 379 Å². The first-order valence-corrected chi connectivity index (χ1v) is 22.3. The molecule has 16 heteroatoms. The molecule has 65 heavy (non-hydrogen) atoms. The molecule has 0 bridgehead atoms. The number of fused-ring (bicyclic) bond motifs is 4. The number of aromatic hydroxyl groups is 2. The summed E-state index contributed by atoms with van der Waals surface area (Å²) < 4.78 is 0. The third-order valence-corrected chi connectivity index (χ3v) is 13.5. The molecule has 6 rings (SSSR count). The molecule has 356 valence electrons. The summed E-state index contributed by atoms with van der Waals surface area (Å²) in [4.78, 5) is 76.8. The molecular weight excluding hydrogens is 841 g/mol. The predicted molar refractivity (Wildman–Crippen MR) is 241 cm³/mol. The number of rotatable bonds is 14. The molecule has 1 amide bonds. The number of ketones is 5. The Hall–Kier alpha value is -5.26. The Balaban J connectivity index is 0.000000254. The minimum Gasteiger partial charge on any atom is -0.507 e. The highest BCUT2D eigenvalue weighted by molar-refractivity contribution is 6.24. The van der Waals surface area contributed by atoms with Crippen LogP contribution in [0.5, 0.6) is 11.5 Å². The number of phenolic OH excluding ortho intramolecular Hbond substituents is 2. The van der Waals surface area contributed by atoms with E-state index >= 15 is 0 Å². The minimum atomic E-state index is -2.57. The van der Waals surface area contributed by atoms with Crippen LogP contribution < -0.4 is 5.73 Å². The summed E-state index contributed by atoms with van der Waals surface area (Å²) in [6.07, 6.45) is 5.01. The van der Waals surface area contributed by atoms with E-state index in [1.54, 1.807) is 31.1 Å². The molecule has 2 aromatic carbocycles. The van der Waals surface area contributed by atoms with Gasteiger partial charge in [-0.15, -0.1) is 0 Å². The van der Waals surface area contributed by atoms with E-state index < -0.39 is 107 Å². The fourth-order valence-corrected chi connectivity index (χ4v) is 10.0. The van der Waals surface area contributed by atoms with Crippen molar-refractivity contribution in [1.82, 2.24) is 4.90 Å². The quantitative estimate of drug-likeness (QED) is 0.0962. The fraction of sp³-hybridized carbons (Fsp3) is 0.551. The Kier molecular flexibility index (Phi) is 17.2. The van der Waals surface area contributed by atoms with Crippen molar-refractivity contribution in [2.75, 3.05) is 27.3 Å². The van der Waals surface area contributed by atoms with Crippen molar-refractivity contribution < 1.29 is 69.6 Å². The molecule has 0 spiro atoms. The summed E-state index contributed by atoms with van der Waals surface area (Å²) in [7, 11) is 3.34. The maximum atomic E-state index is 13.6. The van der Waals surface area contributed by atoms with E-state index in [1.807, 2.05) is 13.8 Å². The second-order valence-electron chi connectivity index (χ2n) is 18.1. The van der Waals surface area contributed by atoms with Crippen molar-refractivity contribution in [2.45, 2.75) is 122 Å². The number of benzene rings is 2. The van der Waals surface area contributed by atoms with Gasteiger partial charge in [0.1, 0.15) is 28.8 Å². The Bertz CT molecular complexity index is 2260. The Morgan fingerprint density at radius 2 is 1.18 bits per heavy atom. The lowest BCUT2D eigenvalue weighted by Crippen LogP contribution is -2.64. The molecule has 0 unspecified atom stereocenters. The molecule has 7 atom stereocenters. The number of carbonyl (C=O) groups is 6. The number of hydrogen-bond donors (Lipinski definition) is 9. The number of aliphatic hydroxyl groups excluding tert-OH is 4. The smallest absolute Gasteiger partial charge is 0.225 e. The van der Waals surface area contributed by atoms with Crippen LogP contribution in [0.3, 0.4) is 0 Å². The minimum absolute atomic E-state index is 0.0246. The van der Waals surface area contributed by atoms with Crippen LogP contribution in [0.2, 0.25) is 0 Å². The first-order valence-electron chi connectivity index (χ1n) is 22.3. The number of likely N-dealkylation sites (N-methyl/N-ethyl adjacent to an activating group) is 1. The molecule has 4 aliphatic rings. The third-order valence-electron chi connectivity index (χ3n) is 13.5. The van der Waals surface area contributed by atoms with Crippen LogP contribution >= 0.6 is 0 Å². The number of Topliss-reactive ketones (excluding diaryl/α,β-unsaturated/α-hetero) is 5. The molecule has 2 aromatic rings. The third kappa shape index (κ3) is 10.1. The SMILES string of the molecule is CC(=O)CC(=O)[C@@]1(O)C(=O)C2=C(O)c3c(O)ccc(C)c3C[C@H]2C[C@H]1[C@@H](CO)N(C)C.CCCCCC.Cc1ccc(O)c2c1C[C@H]1C[C@@H](CCO)[C@@](O)(C(=O)CC(N)=O)C(=O)C1=C2O. The highest BCUT2D eigenvalue weighted by atomic mass is 16.3. The molecule has 10 N–H and O–H groups in total.